The van der Waals surface area contributed by atoms with Crippen LogP contribution in [-0.4, -0.2) is 0 Å². The van der Waals surface area contributed by atoms with Gasteiger partial charge in [0.25, 0.3) is 0 Å². The molecule has 131 valence electrons. The van der Waals surface area contributed by atoms with E-state index in [1.165, 1.54) is 70.0 Å². The van der Waals surface area contributed by atoms with Crippen LogP contribution in [0.5, 0.6) is 0 Å². The van der Waals surface area contributed by atoms with Gasteiger partial charge in [0, 0.05) is 26.2 Å². The Bertz CT molecular complexity index is 1110. The van der Waals surface area contributed by atoms with E-state index in [9.17, 15) is 0 Å². The molecule has 1 fully saturated rings. The smallest absolute Gasteiger partial charge is 0 e. The fraction of sp³-hybridized carbons (Fsp3) is 0.231. The van der Waals surface area contributed by atoms with E-state index in [1.807, 2.05) is 0 Å². The Morgan fingerprint density at radius 2 is 1.63 bits per heavy atom. The molecule has 5 rings (SSSR count). The van der Waals surface area contributed by atoms with Crippen LogP contribution in [0.4, 0.5) is 0 Å². The minimum atomic E-state index is 0. The van der Waals surface area contributed by atoms with Gasteiger partial charge < -0.3 is 0 Å². The molecule has 0 aliphatic heterocycles. The van der Waals surface area contributed by atoms with Crippen LogP contribution < -0.4 is 10.4 Å². The van der Waals surface area contributed by atoms with Gasteiger partial charge in [-0.1, -0.05) is 79.9 Å². The normalized spacial score (nSPS) is 17.9. The Labute approximate surface area is 180 Å². The Balaban J connectivity index is 0.00000180. The summed E-state index contributed by atoms with van der Waals surface area (Å²) in [7, 11) is 0. The van der Waals surface area contributed by atoms with Crippen molar-refractivity contribution in [3.8, 4) is 11.1 Å². The molecule has 0 amide bonds. The molecule has 1 radical (unpaired) electrons. The molecule has 2 aliphatic rings. The Hall–Kier alpha value is -1.72. The molecule has 27 heavy (non-hydrogen) atoms. The summed E-state index contributed by atoms with van der Waals surface area (Å²) in [6, 6.07) is 22.0. The number of benzene rings is 3. The van der Waals surface area contributed by atoms with Gasteiger partial charge in [-0.05, 0) is 74.9 Å². The fourth-order valence-corrected chi connectivity index (χ4v) is 4.43. The van der Waals surface area contributed by atoms with E-state index in [0.717, 1.165) is 5.92 Å². The van der Waals surface area contributed by atoms with E-state index in [-0.39, 0.29) is 26.2 Å². The second-order valence-electron chi connectivity index (χ2n) is 7.62. The number of rotatable bonds is 2. The van der Waals surface area contributed by atoms with Crippen LogP contribution in [0.15, 0.2) is 72.3 Å². The van der Waals surface area contributed by atoms with Crippen molar-refractivity contribution in [3.05, 3.63) is 82.8 Å². The molecule has 3 aromatic carbocycles. The molecule has 0 atom stereocenters. The van der Waals surface area contributed by atoms with E-state index in [1.54, 1.807) is 0 Å². The number of allylic oxidation sites excluding steroid dienone is 2. The Kier molecular flexibility index (Phi) is 5.60. The van der Waals surface area contributed by atoms with Crippen LogP contribution in [0.2, 0.25) is 0 Å². The summed E-state index contributed by atoms with van der Waals surface area (Å²) in [6.07, 6.45) is 15.3. The first-order valence-electron chi connectivity index (χ1n) is 9.83. The van der Waals surface area contributed by atoms with E-state index < -0.39 is 0 Å². The average molecular weight is 427 g/mol. The van der Waals surface area contributed by atoms with Crippen molar-refractivity contribution < 1.29 is 26.2 Å². The number of fused-ring (bicyclic) bond motifs is 2. The topological polar surface area (TPSA) is 0 Å². The molecule has 2 aliphatic carbocycles. The van der Waals surface area contributed by atoms with Crippen LogP contribution in [0, 0.1) is 5.92 Å². The number of hydrogen-bond acceptors (Lipinski definition) is 0. The van der Waals surface area contributed by atoms with E-state index in [4.69, 9.17) is 0 Å². The molecule has 0 bridgehead atoms. The SMILES string of the molecule is [C]1=c2cccc(-c3ccc4ccccc4c3)c2=CC1=CC1CCCCC1.[Zr]. The van der Waals surface area contributed by atoms with Crippen LogP contribution in [0.1, 0.15) is 32.1 Å². The van der Waals surface area contributed by atoms with Gasteiger partial charge in [0.2, 0.25) is 0 Å². The predicted octanol–water partition coefficient (Wildman–Crippen LogP) is 5.46. The van der Waals surface area contributed by atoms with E-state index in [0.29, 0.717) is 0 Å². The molecule has 3 aromatic rings. The second-order valence-corrected chi connectivity index (χ2v) is 7.62. The van der Waals surface area contributed by atoms with Crippen molar-refractivity contribution in [2.45, 2.75) is 32.1 Å². The first-order chi connectivity index (χ1) is 12.9. The Morgan fingerprint density at radius 3 is 2.48 bits per heavy atom. The maximum Gasteiger partial charge on any atom is 0 e. The first-order valence-corrected chi connectivity index (χ1v) is 9.83. The number of hydrogen-bond donors (Lipinski definition) is 0. The van der Waals surface area contributed by atoms with Crippen LogP contribution >= 0.6 is 0 Å². The molecule has 0 nitrogen and oxygen atoms in total. The van der Waals surface area contributed by atoms with E-state index in [2.05, 4.69) is 78.9 Å². The molecule has 0 heterocycles. The maximum absolute atomic E-state index is 3.63. The van der Waals surface area contributed by atoms with Gasteiger partial charge in [-0.25, -0.2) is 0 Å². The van der Waals surface area contributed by atoms with E-state index >= 15 is 0 Å². The summed E-state index contributed by atoms with van der Waals surface area (Å²) in [5.41, 5.74) is 3.88. The molecule has 0 spiro atoms. The molecule has 0 N–H and O–H groups in total. The molecule has 1 heteroatoms. The summed E-state index contributed by atoms with van der Waals surface area (Å²) in [6.45, 7) is 0. The van der Waals surface area contributed by atoms with Gasteiger partial charge in [-0.2, -0.15) is 0 Å². The average Bonchev–Trinajstić information content (AvgIpc) is 3.11. The summed E-state index contributed by atoms with van der Waals surface area (Å²) in [4.78, 5) is 0. The third kappa shape index (κ3) is 3.81. The summed E-state index contributed by atoms with van der Waals surface area (Å²) in [5, 5.41) is 5.15. The van der Waals surface area contributed by atoms with Crippen molar-refractivity contribution >= 4 is 22.9 Å². The molecule has 0 saturated heterocycles. The fourth-order valence-electron chi connectivity index (χ4n) is 4.43. The molecule has 1 saturated carbocycles. The Morgan fingerprint density at radius 1 is 0.815 bits per heavy atom. The summed E-state index contributed by atoms with van der Waals surface area (Å²) >= 11 is 0. The summed E-state index contributed by atoms with van der Waals surface area (Å²) in [5.74, 6) is 0.737. The van der Waals surface area contributed by atoms with Gasteiger partial charge in [-0.3, -0.25) is 0 Å². The minimum Gasteiger partial charge on any atom is -0.0735 e. The third-order valence-electron chi connectivity index (χ3n) is 5.81. The van der Waals surface area contributed by atoms with Gasteiger partial charge in [-0.15, -0.1) is 0 Å². The van der Waals surface area contributed by atoms with Crippen molar-refractivity contribution in [2.24, 2.45) is 5.92 Å². The predicted molar refractivity (Wildman–Crippen MR) is 111 cm³/mol. The van der Waals surface area contributed by atoms with Crippen LogP contribution in [0.3, 0.4) is 0 Å². The molecule has 0 aromatic heterocycles. The zero-order valence-corrected chi connectivity index (χ0v) is 18.0. The standard InChI is InChI=1S/C26H23.Zr/c1-2-7-19(8-3-1)15-20-16-23-11-6-12-25(26(23)17-20)24-14-13-21-9-4-5-10-22(21)18-24;/h4-6,9-15,17-19H,1-3,7-8H2;. The zero-order valence-electron chi connectivity index (χ0n) is 15.5. The van der Waals surface area contributed by atoms with Crippen molar-refractivity contribution in [1.82, 2.24) is 0 Å². The van der Waals surface area contributed by atoms with Crippen LogP contribution in [-0.2, 0) is 26.2 Å². The molecular weight excluding hydrogens is 404 g/mol. The maximum atomic E-state index is 3.63. The second kappa shape index (κ2) is 8.11. The monoisotopic (exact) mass is 425 g/mol. The van der Waals surface area contributed by atoms with Crippen molar-refractivity contribution in [1.29, 1.82) is 0 Å². The summed E-state index contributed by atoms with van der Waals surface area (Å²) < 4.78 is 0. The molecule has 0 unspecified atom stereocenters. The van der Waals surface area contributed by atoms with Crippen molar-refractivity contribution in [3.63, 3.8) is 0 Å². The van der Waals surface area contributed by atoms with Gasteiger partial charge in [0.05, 0.1) is 0 Å². The third-order valence-corrected chi connectivity index (χ3v) is 5.81. The van der Waals surface area contributed by atoms with Crippen LogP contribution in [0.25, 0.3) is 34.1 Å². The van der Waals surface area contributed by atoms with Gasteiger partial charge >= 0.3 is 0 Å². The largest absolute Gasteiger partial charge is 0.0735 e. The molecular formula is C26H23Zr. The van der Waals surface area contributed by atoms with Crippen molar-refractivity contribution in [2.75, 3.05) is 0 Å². The first kappa shape index (κ1) is 18.6. The zero-order chi connectivity index (χ0) is 17.3. The van der Waals surface area contributed by atoms with Gasteiger partial charge in [0.15, 0.2) is 0 Å². The van der Waals surface area contributed by atoms with Gasteiger partial charge in [0.1, 0.15) is 0 Å². The minimum absolute atomic E-state index is 0. The quantitative estimate of drug-likeness (QED) is 0.510.